The minimum atomic E-state index is -1.83. The second-order valence-electron chi connectivity index (χ2n) is 30.5. The number of nitrogens with zero attached hydrogens (tertiary/aromatic N) is 8. The number of hydrogen-bond donors (Lipinski definition) is 8. The first-order chi connectivity index (χ1) is 56.7. The summed E-state index contributed by atoms with van der Waals surface area (Å²) in [6.45, 7) is 25.0. The molecule has 0 amide bonds. The van der Waals surface area contributed by atoms with Gasteiger partial charge >= 0.3 is 29.8 Å². The maximum atomic E-state index is 15.9. The van der Waals surface area contributed by atoms with Crippen LogP contribution >= 0.6 is 46.4 Å². The van der Waals surface area contributed by atoms with Gasteiger partial charge in [-0.25, -0.2) is 37.5 Å². The smallest absolute Gasteiger partial charge is 0.323 e. The predicted octanol–water partition coefficient (Wildman–Crippen LogP) is 10.9. The molecule has 8 aliphatic rings. The summed E-state index contributed by atoms with van der Waals surface area (Å²) < 4.78 is 111. The third-order valence-electron chi connectivity index (χ3n) is 20.8. The van der Waals surface area contributed by atoms with Crippen molar-refractivity contribution in [3.05, 3.63) is 98.7 Å². The van der Waals surface area contributed by atoms with Crippen molar-refractivity contribution in [2.45, 2.75) is 298 Å². The molecule has 1 unspecified atom stereocenters. The molecule has 38 heteroatoms. The topological polar surface area (TPSA) is 422 Å². The highest BCUT2D eigenvalue weighted by atomic mass is 35.5. The van der Waals surface area contributed by atoms with E-state index in [-0.39, 0.29) is 115 Å². The second kappa shape index (κ2) is 50.5. The van der Waals surface area contributed by atoms with Gasteiger partial charge in [0.15, 0.2) is 73.5 Å². The number of amidine groups is 4. The Kier molecular flexibility index (Phi) is 43.5. The first-order valence-electron chi connectivity index (χ1n) is 40.7. The molecule has 0 aromatic carbocycles. The van der Waals surface area contributed by atoms with E-state index in [1.54, 1.807) is 13.8 Å². The van der Waals surface area contributed by atoms with Crippen molar-refractivity contribution in [1.82, 2.24) is 19.6 Å². The number of aliphatic hydroxyl groups is 3. The Hall–Kier alpha value is -7.09. The van der Waals surface area contributed by atoms with Crippen molar-refractivity contribution in [3.8, 4) is 0 Å². The SMILES string of the molecule is C=C1N=C(N)C=CN1[C@@H]1O[C@@](CO)(CCl)[C@@H](OC(=O)C(N)C(C)C)[C@H]1F.C=C1N=C(N)C=CN1[C@@H]1O[C@@](CO)(CCl)[C@@H](OC(=O)CCCCCCC)[C@H]1F.C=C1N=C(N)C=CN1[C@@H]1O[C@](CCl)(COC(=O)CCCCCCC)[C@@H](O)[C@H]1F.C=C1N=C(N)C=CN1[C@@H]1O[C@](CCl)(COC(=O)CCCCCCC)[C@@H](OC(=O)CCCCCCC)[C@H]1F. The first-order valence-corrected chi connectivity index (χ1v) is 42.9. The van der Waals surface area contributed by atoms with Crippen LogP contribution in [0.3, 0.4) is 0 Å². The monoisotopic (exact) mass is 1770 g/mol. The van der Waals surface area contributed by atoms with Crippen LogP contribution in [0.25, 0.3) is 0 Å². The Morgan fingerprint density at radius 3 is 0.983 bits per heavy atom. The molecule has 8 aliphatic heterocycles. The first kappa shape index (κ1) is 102. The van der Waals surface area contributed by atoms with E-state index in [0.717, 1.165) is 109 Å². The van der Waals surface area contributed by atoms with Crippen LogP contribution in [0.15, 0.2) is 119 Å². The fourth-order valence-corrected chi connectivity index (χ4v) is 14.7. The number of carbonyl (C=O) groups excluding carboxylic acids is 5. The summed E-state index contributed by atoms with van der Waals surface area (Å²) in [7, 11) is 0. The molecule has 4 fully saturated rings. The van der Waals surface area contributed by atoms with Crippen LogP contribution < -0.4 is 28.7 Å². The lowest BCUT2D eigenvalue weighted by Gasteiger charge is -2.32. The van der Waals surface area contributed by atoms with Gasteiger partial charge in [-0.2, -0.15) is 0 Å². The number of nitrogens with two attached hydrogens (primary N) is 5. The molecular weight excluding hydrogens is 1640 g/mol. The van der Waals surface area contributed by atoms with E-state index in [1.165, 1.54) is 68.7 Å². The summed E-state index contributed by atoms with van der Waals surface area (Å²) in [6.07, 6.45) is 14.3. The van der Waals surface area contributed by atoms with Crippen LogP contribution in [0.1, 0.15) is 196 Å². The molecule has 0 bridgehead atoms. The normalized spacial score (nSPS) is 29.1. The van der Waals surface area contributed by atoms with Gasteiger partial charge in [-0.3, -0.25) is 24.0 Å². The molecule has 672 valence electrons. The summed E-state index contributed by atoms with van der Waals surface area (Å²) in [5, 5.41) is 30.0. The Bertz CT molecular complexity index is 3590. The lowest BCUT2D eigenvalue weighted by atomic mass is 9.98. The number of rotatable bonds is 43. The quantitative estimate of drug-likeness (QED) is 0.00924. The number of aliphatic hydroxyl groups excluding tert-OH is 3. The van der Waals surface area contributed by atoms with E-state index in [4.69, 9.17) is 118 Å². The Morgan fingerprint density at radius 1 is 0.437 bits per heavy atom. The zero-order valence-electron chi connectivity index (χ0n) is 69.2. The molecule has 13 N–H and O–H groups in total. The van der Waals surface area contributed by atoms with E-state index in [2.05, 4.69) is 74.0 Å². The minimum Gasteiger partial charge on any atom is -0.462 e. The summed E-state index contributed by atoms with van der Waals surface area (Å²) in [5.41, 5.74) is 22.0. The molecule has 0 spiro atoms. The summed E-state index contributed by atoms with van der Waals surface area (Å²) >= 11 is 24.2. The Balaban J connectivity index is 0.000000285. The average Bonchev–Trinajstić information content (AvgIpc) is 1.63. The maximum absolute atomic E-state index is 15.9. The maximum Gasteiger partial charge on any atom is 0.323 e. The molecule has 0 aromatic heterocycles. The summed E-state index contributed by atoms with van der Waals surface area (Å²) in [6, 6.07) is -0.942. The zero-order valence-corrected chi connectivity index (χ0v) is 72.2. The number of carbonyl (C=O) groups is 5. The second-order valence-corrected chi connectivity index (χ2v) is 31.6. The number of esters is 5. The zero-order chi connectivity index (χ0) is 88.4. The molecule has 0 aliphatic carbocycles. The number of unbranched alkanes of at least 4 members (excludes halogenated alkanes) is 16. The highest BCUT2D eigenvalue weighted by Crippen LogP contribution is 2.45. The van der Waals surface area contributed by atoms with Crippen molar-refractivity contribution in [2.24, 2.45) is 54.6 Å². The van der Waals surface area contributed by atoms with Crippen molar-refractivity contribution < 1.29 is 99.5 Å². The Labute approximate surface area is 716 Å². The van der Waals surface area contributed by atoms with E-state index < -0.39 is 146 Å². The predicted molar refractivity (Wildman–Crippen MR) is 448 cm³/mol. The summed E-state index contributed by atoms with van der Waals surface area (Å²) in [4.78, 5) is 82.8. The van der Waals surface area contributed by atoms with Crippen molar-refractivity contribution in [3.63, 3.8) is 0 Å². The molecule has 0 aromatic rings. The van der Waals surface area contributed by atoms with Crippen LogP contribution in [-0.4, -0.2) is 241 Å². The molecule has 0 radical (unpaired) electrons. The van der Waals surface area contributed by atoms with E-state index in [9.17, 15) is 43.7 Å². The van der Waals surface area contributed by atoms with Gasteiger partial charge in [0.25, 0.3) is 0 Å². The largest absolute Gasteiger partial charge is 0.462 e. The van der Waals surface area contributed by atoms with Gasteiger partial charge in [0, 0.05) is 50.5 Å². The van der Waals surface area contributed by atoms with E-state index in [1.807, 2.05) is 0 Å². The third kappa shape index (κ3) is 28.5. The lowest BCUT2D eigenvalue weighted by molar-refractivity contribution is -0.174. The van der Waals surface area contributed by atoms with Gasteiger partial charge in [-0.1, -0.05) is 171 Å². The molecule has 0 saturated carbocycles. The average molecular weight is 1770 g/mol. The van der Waals surface area contributed by atoms with Crippen LogP contribution in [0.4, 0.5) is 17.6 Å². The third-order valence-corrected chi connectivity index (χ3v) is 22.6. The Morgan fingerprint density at radius 2 is 0.697 bits per heavy atom. The van der Waals surface area contributed by atoms with Crippen LogP contribution in [0, 0.1) is 5.92 Å². The van der Waals surface area contributed by atoms with Crippen LogP contribution in [0.5, 0.6) is 0 Å². The number of ether oxygens (including phenoxy) is 9. The molecule has 119 heavy (non-hydrogen) atoms. The van der Waals surface area contributed by atoms with E-state index in [0.29, 0.717) is 19.3 Å². The van der Waals surface area contributed by atoms with Crippen molar-refractivity contribution in [1.29, 1.82) is 0 Å². The van der Waals surface area contributed by atoms with Gasteiger partial charge in [-0.15, -0.1) is 46.4 Å². The fourth-order valence-electron chi connectivity index (χ4n) is 13.5. The lowest BCUT2D eigenvalue weighted by Crippen LogP contribution is -2.52. The van der Waals surface area contributed by atoms with Crippen molar-refractivity contribution in [2.75, 3.05) is 49.9 Å². The standard InChI is InChI=1S/C27H43ClFN3O5.2C19H29ClFN3O4.C16H24ClFN4O4/c1-4-6-8-10-12-14-22(33)35-19-27(18-28)25(36-23(34)15-13-11-9-7-5-2)24(29)26(37-27)32-17-16-21(30)31-20(32)3;1-3-4-5-6-7-8-15(25)27-12-19(11-20)17(26)16(21)18(28-19)24-10-9-14(22)23-13(24)2;1-3-4-5-6-7-8-15(26)27-17-16(21)18(28-19(17,11-20)12-25)24-10-9-14(22)23-13(24)2;1-8(2)12(20)15(24)25-13-11(18)14(26-16(13,6-17)7-23)22-5-4-10(19)21-9(22)3/h16-17,24-26H,3-15,18-19H2,1-2H3,(H2,30,31);9-10,16-18,26H,2-8,11-12H2,1H3,(H2,22,23);9-10,16-18,25H,2-8,11-12H2,1H3,(H2,22,23);4-5,8,11-14,23H,3,6-7,20H2,1-2H3,(H2,19,21)/t24-,25+,26-,27-;2*16-,17+,18-,19-;11-,12?,13+,14-,16-/m1111/s1. The molecule has 8 heterocycles. The number of alkyl halides is 8. The van der Waals surface area contributed by atoms with Gasteiger partial charge in [0.2, 0.25) is 0 Å². The number of aliphatic imine (C=N–C) groups is 4. The highest BCUT2D eigenvalue weighted by Gasteiger charge is 2.63. The fraction of sp³-hybridized carbons (Fsp3) is 0.691. The minimum absolute atomic E-state index is 0.143. The van der Waals surface area contributed by atoms with Crippen LogP contribution in [-0.2, 0) is 66.6 Å². The van der Waals surface area contributed by atoms with Crippen LogP contribution in [0.2, 0.25) is 0 Å². The highest BCUT2D eigenvalue weighted by molar-refractivity contribution is 6.19. The number of halogens is 8. The summed E-state index contributed by atoms with van der Waals surface area (Å²) in [5.74, 6) is -2.43. The van der Waals surface area contributed by atoms with Gasteiger partial charge in [0.1, 0.15) is 88.8 Å². The molecule has 8 rings (SSSR count). The molecular formula is C81H125Cl4F4N13O17. The number of hydrogen-bond acceptors (Lipinski definition) is 30. The molecule has 4 saturated heterocycles. The van der Waals surface area contributed by atoms with Gasteiger partial charge in [0.05, 0.1) is 36.7 Å². The van der Waals surface area contributed by atoms with Crippen molar-refractivity contribution >= 4 is 99.6 Å². The van der Waals surface area contributed by atoms with Gasteiger partial charge in [-0.05, 0) is 55.9 Å². The van der Waals surface area contributed by atoms with Gasteiger partial charge < -0.3 is 106 Å². The molecule has 17 atom stereocenters. The molecule has 30 nitrogen and oxygen atoms in total. The van der Waals surface area contributed by atoms with E-state index >= 15 is 13.2 Å².